The van der Waals surface area contributed by atoms with E-state index in [1.54, 1.807) is 7.11 Å². The summed E-state index contributed by atoms with van der Waals surface area (Å²) >= 11 is 0. The molecule has 1 aliphatic rings. The van der Waals surface area contributed by atoms with Crippen molar-refractivity contribution < 1.29 is 19.0 Å². The maximum atomic E-state index is 12.3. The van der Waals surface area contributed by atoms with Gasteiger partial charge in [-0.25, -0.2) is 0 Å². The fraction of sp³-hybridized carbons (Fsp3) is 0.381. The van der Waals surface area contributed by atoms with Crippen molar-refractivity contribution in [3.05, 3.63) is 54.6 Å². The quantitative estimate of drug-likeness (QED) is 0.714. The van der Waals surface area contributed by atoms with Crippen molar-refractivity contribution in [2.75, 3.05) is 53.0 Å². The number of para-hydroxylation sites is 1. The van der Waals surface area contributed by atoms with Crippen LogP contribution in [-0.4, -0.2) is 68.8 Å². The molecule has 1 aliphatic heterocycles. The molecule has 1 heterocycles. The van der Waals surface area contributed by atoms with Crippen molar-refractivity contribution >= 4 is 5.91 Å². The lowest BCUT2D eigenvalue weighted by atomic mass is 10.3. The number of ether oxygens (including phenoxy) is 3. The fourth-order valence-corrected chi connectivity index (χ4v) is 2.94. The molecule has 3 rings (SSSR count). The molecule has 0 aliphatic carbocycles. The summed E-state index contributed by atoms with van der Waals surface area (Å²) in [6.07, 6.45) is 0. The lowest BCUT2D eigenvalue weighted by Crippen LogP contribution is -2.50. The third-order valence-electron chi connectivity index (χ3n) is 4.57. The van der Waals surface area contributed by atoms with Crippen LogP contribution in [-0.2, 0) is 4.79 Å². The zero-order valence-electron chi connectivity index (χ0n) is 15.7. The largest absolute Gasteiger partial charge is 0.497 e. The van der Waals surface area contributed by atoms with Crippen LogP contribution in [0.4, 0.5) is 0 Å². The number of methoxy groups -OCH3 is 1. The fourth-order valence-electron chi connectivity index (χ4n) is 2.94. The lowest BCUT2D eigenvalue weighted by Gasteiger charge is -2.34. The van der Waals surface area contributed by atoms with Crippen LogP contribution in [0.15, 0.2) is 54.6 Å². The van der Waals surface area contributed by atoms with Gasteiger partial charge >= 0.3 is 0 Å². The summed E-state index contributed by atoms with van der Waals surface area (Å²) in [5, 5.41) is 0. The third-order valence-corrected chi connectivity index (χ3v) is 4.57. The molecule has 2 aromatic carbocycles. The highest BCUT2D eigenvalue weighted by molar-refractivity contribution is 5.77. The minimum absolute atomic E-state index is 0.0352. The van der Waals surface area contributed by atoms with Crippen LogP contribution in [0.2, 0.25) is 0 Å². The molecule has 0 radical (unpaired) electrons. The van der Waals surface area contributed by atoms with Crippen molar-refractivity contribution in [3.8, 4) is 17.2 Å². The van der Waals surface area contributed by atoms with Gasteiger partial charge in [0, 0.05) is 32.7 Å². The second kappa shape index (κ2) is 9.83. The van der Waals surface area contributed by atoms with Crippen LogP contribution < -0.4 is 14.2 Å². The highest BCUT2D eigenvalue weighted by atomic mass is 16.5. The van der Waals surface area contributed by atoms with Crippen LogP contribution in [0.5, 0.6) is 17.2 Å². The Kier molecular flexibility index (Phi) is 6.93. The molecule has 1 fully saturated rings. The number of carbonyl (C=O) groups is 1. The van der Waals surface area contributed by atoms with Gasteiger partial charge in [-0.1, -0.05) is 18.2 Å². The summed E-state index contributed by atoms with van der Waals surface area (Å²) < 4.78 is 16.5. The Morgan fingerprint density at radius 1 is 0.852 bits per heavy atom. The van der Waals surface area contributed by atoms with Gasteiger partial charge in [0.2, 0.25) is 0 Å². The van der Waals surface area contributed by atoms with Crippen LogP contribution >= 0.6 is 0 Å². The Hall–Kier alpha value is -2.73. The lowest BCUT2D eigenvalue weighted by molar-refractivity contribution is -0.135. The molecule has 1 amide bonds. The normalized spacial score (nSPS) is 14.6. The van der Waals surface area contributed by atoms with Gasteiger partial charge in [-0.15, -0.1) is 0 Å². The molecule has 27 heavy (non-hydrogen) atoms. The zero-order valence-corrected chi connectivity index (χ0v) is 15.7. The Morgan fingerprint density at radius 3 is 2.15 bits per heavy atom. The second-order valence-corrected chi connectivity index (χ2v) is 6.35. The zero-order chi connectivity index (χ0) is 18.9. The van der Waals surface area contributed by atoms with Crippen molar-refractivity contribution in [1.29, 1.82) is 0 Å². The Morgan fingerprint density at radius 2 is 1.48 bits per heavy atom. The Balaban J connectivity index is 1.32. The molecule has 0 spiro atoms. The first-order chi connectivity index (χ1) is 13.2. The molecule has 0 aromatic heterocycles. The summed E-state index contributed by atoms with van der Waals surface area (Å²) in [5.74, 6) is 2.41. The van der Waals surface area contributed by atoms with Gasteiger partial charge in [0.15, 0.2) is 6.61 Å². The third kappa shape index (κ3) is 5.89. The summed E-state index contributed by atoms with van der Waals surface area (Å²) in [5.41, 5.74) is 0. The molecule has 6 nitrogen and oxygen atoms in total. The van der Waals surface area contributed by atoms with E-state index in [0.717, 1.165) is 50.0 Å². The number of rotatable bonds is 8. The number of benzene rings is 2. The molecule has 0 bridgehead atoms. The Labute approximate surface area is 160 Å². The standard InChI is InChI=1S/C21H26N2O4/c1-25-18-7-9-20(10-8-18)26-16-15-22-11-13-23(14-12-22)21(24)17-27-19-5-3-2-4-6-19/h2-10H,11-17H2,1H3. The van der Waals surface area contributed by atoms with Gasteiger partial charge in [0.05, 0.1) is 7.11 Å². The predicted octanol–water partition coefficient (Wildman–Crippen LogP) is 2.30. The summed E-state index contributed by atoms with van der Waals surface area (Å²) in [7, 11) is 1.65. The minimum atomic E-state index is 0.0352. The van der Waals surface area contributed by atoms with E-state index >= 15 is 0 Å². The van der Waals surface area contributed by atoms with Crippen LogP contribution in [0, 0.1) is 0 Å². The SMILES string of the molecule is COc1ccc(OCCN2CCN(C(=O)COc3ccccc3)CC2)cc1. The van der Waals surface area contributed by atoms with Crippen molar-refractivity contribution in [3.63, 3.8) is 0 Å². The number of piperazine rings is 1. The highest BCUT2D eigenvalue weighted by Crippen LogP contribution is 2.17. The van der Waals surface area contributed by atoms with Gasteiger partial charge in [-0.05, 0) is 36.4 Å². The molecule has 0 N–H and O–H groups in total. The first-order valence-corrected chi connectivity index (χ1v) is 9.19. The first kappa shape index (κ1) is 19.0. The molecule has 0 atom stereocenters. The maximum Gasteiger partial charge on any atom is 0.260 e. The second-order valence-electron chi connectivity index (χ2n) is 6.35. The van der Waals surface area contributed by atoms with Crippen molar-refractivity contribution in [2.45, 2.75) is 0 Å². The van der Waals surface area contributed by atoms with Crippen molar-refractivity contribution in [2.24, 2.45) is 0 Å². The molecular weight excluding hydrogens is 344 g/mol. The summed E-state index contributed by atoms with van der Waals surface area (Å²) in [6, 6.07) is 17.0. The Bertz CT molecular complexity index is 698. The van der Waals surface area contributed by atoms with Crippen LogP contribution in [0.3, 0.4) is 0 Å². The molecule has 1 saturated heterocycles. The molecule has 144 valence electrons. The van der Waals surface area contributed by atoms with Crippen LogP contribution in [0.1, 0.15) is 0 Å². The molecule has 0 unspecified atom stereocenters. The van der Waals surface area contributed by atoms with E-state index in [1.165, 1.54) is 0 Å². The summed E-state index contributed by atoms with van der Waals surface area (Å²) in [6.45, 7) is 4.70. The van der Waals surface area contributed by atoms with Gasteiger partial charge in [-0.3, -0.25) is 9.69 Å². The van der Waals surface area contributed by atoms with E-state index in [0.29, 0.717) is 6.61 Å². The van der Waals surface area contributed by atoms with Gasteiger partial charge < -0.3 is 19.1 Å². The number of carbonyl (C=O) groups excluding carboxylic acids is 1. The predicted molar refractivity (Wildman–Crippen MR) is 103 cm³/mol. The van der Waals surface area contributed by atoms with E-state index in [4.69, 9.17) is 14.2 Å². The van der Waals surface area contributed by atoms with Gasteiger partial charge in [0.25, 0.3) is 5.91 Å². The molecule has 2 aromatic rings. The first-order valence-electron chi connectivity index (χ1n) is 9.19. The summed E-state index contributed by atoms with van der Waals surface area (Å²) in [4.78, 5) is 16.5. The van der Waals surface area contributed by atoms with Gasteiger partial charge in [-0.2, -0.15) is 0 Å². The smallest absolute Gasteiger partial charge is 0.260 e. The van der Waals surface area contributed by atoms with E-state index in [9.17, 15) is 4.79 Å². The number of hydrogen-bond donors (Lipinski definition) is 0. The maximum absolute atomic E-state index is 12.3. The number of amides is 1. The van der Waals surface area contributed by atoms with E-state index < -0.39 is 0 Å². The van der Waals surface area contributed by atoms with E-state index in [-0.39, 0.29) is 12.5 Å². The van der Waals surface area contributed by atoms with E-state index in [1.807, 2.05) is 59.5 Å². The van der Waals surface area contributed by atoms with Crippen LogP contribution in [0.25, 0.3) is 0 Å². The molecular formula is C21H26N2O4. The average Bonchev–Trinajstić information content (AvgIpc) is 2.74. The molecule has 0 saturated carbocycles. The monoisotopic (exact) mass is 370 g/mol. The van der Waals surface area contributed by atoms with Crippen molar-refractivity contribution in [1.82, 2.24) is 9.80 Å². The minimum Gasteiger partial charge on any atom is -0.497 e. The topological polar surface area (TPSA) is 51.2 Å². The average molecular weight is 370 g/mol. The number of hydrogen-bond acceptors (Lipinski definition) is 5. The van der Waals surface area contributed by atoms with Gasteiger partial charge in [0.1, 0.15) is 23.9 Å². The molecule has 6 heteroatoms. The van der Waals surface area contributed by atoms with E-state index in [2.05, 4.69) is 4.90 Å². The highest BCUT2D eigenvalue weighted by Gasteiger charge is 2.21. The number of nitrogens with zero attached hydrogens (tertiary/aromatic N) is 2.